The normalized spacial score (nSPS) is 23.2. The molecule has 10 nitrogen and oxygen atoms in total. The number of anilines is 1. The Morgan fingerprint density at radius 1 is 1.11 bits per heavy atom. The Labute approximate surface area is 262 Å². The van der Waals surface area contributed by atoms with E-state index in [1.807, 2.05) is 12.3 Å². The average molecular weight is 615 g/mol. The van der Waals surface area contributed by atoms with E-state index in [9.17, 15) is 9.18 Å². The number of ether oxygens (including phenoxy) is 3. The van der Waals surface area contributed by atoms with Crippen molar-refractivity contribution in [1.29, 1.82) is 0 Å². The number of carbonyl (C=O) groups excluding carboxylic acids is 1. The zero-order chi connectivity index (χ0) is 30.4. The summed E-state index contributed by atoms with van der Waals surface area (Å²) < 4.78 is 32.3. The second kappa shape index (κ2) is 11.6. The van der Waals surface area contributed by atoms with Crippen LogP contribution in [0, 0.1) is 11.2 Å². The lowest BCUT2D eigenvalue weighted by molar-refractivity contribution is -0.111. The lowest BCUT2D eigenvalue weighted by Gasteiger charge is -2.59. The van der Waals surface area contributed by atoms with Crippen molar-refractivity contribution < 1.29 is 23.4 Å². The first kappa shape index (κ1) is 28.8. The number of aromatic nitrogens is 3. The van der Waals surface area contributed by atoms with Gasteiger partial charge in [0, 0.05) is 69.0 Å². The lowest BCUT2D eigenvalue weighted by atomic mass is 9.61. The number of pyridine rings is 1. The molecule has 11 heteroatoms. The minimum absolute atomic E-state index is 0.142. The molecule has 1 atom stereocenters. The summed E-state index contributed by atoms with van der Waals surface area (Å²) in [5.41, 5.74) is 2.89. The van der Waals surface area contributed by atoms with E-state index in [1.165, 1.54) is 36.9 Å². The molecule has 236 valence electrons. The van der Waals surface area contributed by atoms with Crippen molar-refractivity contribution in [3.05, 3.63) is 65.6 Å². The van der Waals surface area contributed by atoms with E-state index in [0.717, 1.165) is 95.5 Å². The number of carbonyl (C=O) groups is 1. The minimum Gasteiger partial charge on any atom is -0.490 e. The van der Waals surface area contributed by atoms with Crippen molar-refractivity contribution in [3.8, 4) is 17.2 Å². The van der Waals surface area contributed by atoms with E-state index >= 15 is 0 Å². The van der Waals surface area contributed by atoms with Gasteiger partial charge in [0.1, 0.15) is 29.7 Å². The summed E-state index contributed by atoms with van der Waals surface area (Å²) in [5, 5.41) is 3.75. The van der Waals surface area contributed by atoms with Crippen molar-refractivity contribution in [2.45, 2.75) is 62.7 Å². The highest BCUT2D eigenvalue weighted by molar-refractivity contribution is 5.79. The standard InChI is InChI=1S/C34H39FN6O4/c35-24-4-5-28(23(13-24)17-42)45-30-16-36-22-39-32(30)41-18-33(19-41)14-25(15-33)44-29-7-10-38-27-6-9-37-26(31(27)29)3-1-11-40-20-34(21-40)8-2-12-43-34/h4-5,7,10,13,16-17,22,25-26,37H,1-3,6,8-9,11-12,14-15,18-21H2. The van der Waals surface area contributed by atoms with Crippen LogP contribution in [0.15, 0.2) is 43.0 Å². The monoisotopic (exact) mass is 614 g/mol. The highest BCUT2D eigenvalue weighted by Gasteiger charge is 2.54. The molecular formula is C34H39FN6O4. The Morgan fingerprint density at radius 2 is 2.00 bits per heavy atom. The summed E-state index contributed by atoms with van der Waals surface area (Å²) in [6.45, 7) is 6.82. The molecule has 8 rings (SSSR count). The fourth-order valence-corrected chi connectivity index (χ4v) is 8.12. The molecule has 2 spiro atoms. The number of nitrogens with one attached hydrogen (secondary N) is 1. The molecule has 3 saturated heterocycles. The van der Waals surface area contributed by atoms with Crippen LogP contribution < -0.4 is 19.7 Å². The van der Waals surface area contributed by atoms with Crippen LogP contribution >= 0.6 is 0 Å². The fraction of sp³-hybridized carbons (Fsp3) is 0.529. The smallest absolute Gasteiger partial charge is 0.188 e. The lowest BCUT2D eigenvalue weighted by Crippen LogP contribution is -2.65. The number of hydrogen-bond donors (Lipinski definition) is 1. The van der Waals surface area contributed by atoms with Gasteiger partial charge in [-0.3, -0.25) is 14.7 Å². The number of nitrogens with zero attached hydrogens (tertiary/aromatic N) is 5. The summed E-state index contributed by atoms with van der Waals surface area (Å²) >= 11 is 0. The van der Waals surface area contributed by atoms with E-state index in [0.29, 0.717) is 17.9 Å². The maximum atomic E-state index is 13.6. The molecule has 4 fully saturated rings. The van der Waals surface area contributed by atoms with Crippen molar-refractivity contribution in [3.63, 3.8) is 0 Å². The number of benzene rings is 1. The first-order valence-corrected chi connectivity index (χ1v) is 16.2. The van der Waals surface area contributed by atoms with Crippen LogP contribution in [-0.4, -0.2) is 83.7 Å². The second-order valence-corrected chi connectivity index (χ2v) is 13.5. The largest absolute Gasteiger partial charge is 0.490 e. The van der Waals surface area contributed by atoms with E-state index in [-0.39, 0.29) is 34.5 Å². The van der Waals surface area contributed by atoms with Crippen molar-refractivity contribution in [1.82, 2.24) is 25.2 Å². The maximum absolute atomic E-state index is 13.6. The van der Waals surface area contributed by atoms with Gasteiger partial charge in [-0.25, -0.2) is 14.4 Å². The first-order chi connectivity index (χ1) is 22.0. The third-order valence-corrected chi connectivity index (χ3v) is 10.3. The maximum Gasteiger partial charge on any atom is 0.188 e. The molecule has 4 aliphatic heterocycles. The van der Waals surface area contributed by atoms with Gasteiger partial charge in [0.15, 0.2) is 17.9 Å². The summed E-state index contributed by atoms with van der Waals surface area (Å²) in [6.07, 6.45) is 13.2. The molecule has 1 aromatic carbocycles. The molecule has 3 aromatic rings. The highest BCUT2D eigenvalue weighted by Crippen LogP contribution is 2.52. The van der Waals surface area contributed by atoms with Crippen LogP contribution in [0.5, 0.6) is 17.2 Å². The number of rotatable bonds is 10. The summed E-state index contributed by atoms with van der Waals surface area (Å²) in [5.74, 6) is 1.87. The Kier molecular flexibility index (Phi) is 7.42. The number of aldehydes is 1. The predicted molar refractivity (Wildman–Crippen MR) is 164 cm³/mol. The molecule has 5 aliphatic rings. The van der Waals surface area contributed by atoms with E-state index in [2.05, 4.69) is 25.1 Å². The van der Waals surface area contributed by atoms with E-state index < -0.39 is 5.82 Å². The number of halogens is 1. The molecule has 2 aromatic heterocycles. The van der Waals surface area contributed by atoms with Gasteiger partial charge in [0.05, 0.1) is 23.1 Å². The van der Waals surface area contributed by atoms with Crippen LogP contribution in [0.2, 0.25) is 0 Å². The van der Waals surface area contributed by atoms with Crippen LogP contribution in [0.25, 0.3) is 0 Å². The highest BCUT2D eigenvalue weighted by atomic mass is 19.1. The number of likely N-dealkylation sites (tertiary alicyclic amines) is 1. The molecule has 45 heavy (non-hydrogen) atoms. The summed E-state index contributed by atoms with van der Waals surface area (Å²) in [7, 11) is 0. The zero-order valence-electron chi connectivity index (χ0n) is 25.4. The molecule has 1 unspecified atom stereocenters. The van der Waals surface area contributed by atoms with Gasteiger partial charge in [-0.2, -0.15) is 0 Å². The zero-order valence-corrected chi connectivity index (χ0v) is 25.4. The number of fused-ring (bicyclic) bond motifs is 1. The topological polar surface area (TPSA) is 102 Å². The number of hydrogen-bond acceptors (Lipinski definition) is 10. The van der Waals surface area contributed by atoms with E-state index in [4.69, 9.17) is 19.2 Å². The summed E-state index contributed by atoms with van der Waals surface area (Å²) in [6, 6.07) is 6.18. The third kappa shape index (κ3) is 5.55. The van der Waals surface area contributed by atoms with Crippen LogP contribution in [0.1, 0.15) is 66.2 Å². The first-order valence-electron chi connectivity index (χ1n) is 16.2. The van der Waals surface area contributed by atoms with Gasteiger partial charge in [-0.1, -0.05) is 0 Å². The average Bonchev–Trinajstić information content (AvgIpc) is 3.49. The van der Waals surface area contributed by atoms with Crippen LogP contribution in [0.3, 0.4) is 0 Å². The van der Waals surface area contributed by atoms with Gasteiger partial charge in [-0.15, -0.1) is 0 Å². The molecule has 1 aliphatic carbocycles. The summed E-state index contributed by atoms with van der Waals surface area (Å²) in [4.78, 5) is 29.5. The minimum atomic E-state index is -0.491. The predicted octanol–water partition coefficient (Wildman–Crippen LogP) is 4.50. The Hall–Kier alpha value is -3.67. The van der Waals surface area contributed by atoms with Gasteiger partial charge in [-0.05, 0) is 69.3 Å². The molecular weight excluding hydrogens is 575 g/mol. The Bertz CT molecular complexity index is 1560. The van der Waals surface area contributed by atoms with Gasteiger partial charge in [0.25, 0.3) is 0 Å². The van der Waals surface area contributed by atoms with Crippen molar-refractivity contribution >= 4 is 12.1 Å². The Morgan fingerprint density at radius 3 is 2.82 bits per heavy atom. The Balaban J connectivity index is 0.865. The second-order valence-electron chi connectivity index (χ2n) is 13.5. The molecule has 6 heterocycles. The van der Waals surface area contributed by atoms with Gasteiger partial charge >= 0.3 is 0 Å². The molecule has 1 saturated carbocycles. The SMILES string of the molecule is O=Cc1cc(F)ccc1Oc1cncnc1N1CC2(CC(Oc3ccnc4c3C(CCCN3CC5(CCCO5)C3)NCC4)C2)C1. The van der Waals surface area contributed by atoms with Crippen LogP contribution in [0.4, 0.5) is 10.2 Å². The van der Waals surface area contributed by atoms with Crippen molar-refractivity contribution in [2.75, 3.05) is 50.8 Å². The van der Waals surface area contributed by atoms with Gasteiger partial charge < -0.3 is 24.4 Å². The fourth-order valence-electron chi connectivity index (χ4n) is 8.12. The molecule has 0 radical (unpaired) electrons. The molecule has 0 bridgehead atoms. The van der Waals surface area contributed by atoms with Gasteiger partial charge in [0.2, 0.25) is 0 Å². The quantitative estimate of drug-likeness (QED) is 0.329. The molecule has 0 amide bonds. The van der Waals surface area contributed by atoms with E-state index in [1.54, 1.807) is 6.20 Å². The van der Waals surface area contributed by atoms with Crippen molar-refractivity contribution in [2.24, 2.45) is 5.41 Å². The van der Waals surface area contributed by atoms with Crippen LogP contribution in [-0.2, 0) is 11.2 Å². The third-order valence-electron chi connectivity index (χ3n) is 10.3. The molecule has 1 N–H and O–H groups in total.